The summed E-state index contributed by atoms with van der Waals surface area (Å²) in [6.45, 7) is 2.05. The van der Waals surface area contributed by atoms with Gasteiger partial charge >= 0.3 is 0 Å². The highest BCUT2D eigenvalue weighted by Gasteiger charge is 2.37. The second kappa shape index (κ2) is 7.78. The van der Waals surface area contributed by atoms with Gasteiger partial charge < -0.3 is 10.2 Å². The van der Waals surface area contributed by atoms with Crippen LogP contribution >= 0.6 is 11.6 Å². The number of hydrogen-bond acceptors (Lipinski definition) is 2. The molecule has 3 heteroatoms. The molecule has 1 aromatic carbocycles. The molecule has 102 valence electrons. The number of aliphatic hydroxyl groups is 2. The van der Waals surface area contributed by atoms with E-state index in [4.69, 9.17) is 11.6 Å². The Bertz CT molecular complexity index is 323. The molecular formula is C15H23ClO2. The SMILES string of the molecule is CCCCC[C@](CO)(CCl)[C@@H](O)c1ccccc1. The van der Waals surface area contributed by atoms with Crippen LogP contribution in [0.3, 0.4) is 0 Å². The van der Waals surface area contributed by atoms with Crippen LogP contribution in [0, 0.1) is 5.41 Å². The summed E-state index contributed by atoms with van der Waals surface area (Å²) < 4.78 is 0. The molecule has 0 heterocycles. The third-order valence-corrected chi connectivity index (χ3v) is 4.09. The Morgan fingerprint density at radius 2 is 1.89 bits per heavy atom. The minimum Gasteiger partial charge on any atom is -0.396 e. The molecule has 0 amide bonds. The van der Waals surface area contributed by atoms with Crippen molar-refractivity contribution in [1.29, 1.82) is 0 Å². The molecular weight excluding hydrogens is 248 g/mol. The van der Waals surface area contributed by atoms with Crippen LogP contribution in [0.25, 0.3) is 0 Å². The summed E-state index contributed by atoms with van der Waals surface area (Å²) in [4.78, 5) is 0. The maximum absolute atomic E-state index is 10.5. The summed E-state index contributed by atoms with van der Waals surface area (Å²) >= 11 is 6.03. The van der Waals surface area contributed by atoms with Crippen LogP contribution < -0.4 is 0 Å². The number of aliphatic hydroxyl groups excluding tert-OH is 2. The number of alkyl halides is 1. The zero-order valence-corrected chi connectivity index (χ0v) is 11.7. The van der Waals surface area contributed by atoms with Gasteiger partial charge in [-0.15, -0.1) is 11.6 Å². The number of hydrogen-bond donors (Lipinski definition) is 2. The average Bonchev–Trinajstić information content (AvgIpc) is 2.44. The number of unbranched alkanes of at least 4 members (excludes halogenated alkanes) is 2. The lowest BCUT2D eigenvalue weighted by Gasteiger charge is -2.35. The van der Waals surface area contributed by atoms with Crippen molar-refractivity contribution in [3.05, 3.63) is 35.9 Å². The van der Waals surface area contributed by atoms with E-state index in [1.54, 1.807) is 0 Å². The molecule has 0 unspecified atom stereocenters. The highest BCUT2D eigenvalue weighted by molar-refractivity contribution is 6.18. The topological polar surface area (TPSA) is 40.5 Å². The Morgan fingerprint density at radius 3 is 2.39 bits per heavy atom. The summed E-state index contributed by atoms with van der Waals surface area (Å²) in [6.07, 6.45) is 3.23. The van der Waals surface area contributed by atoms with E-state index in [-0.39, 0.29) is 12.5 Å². The van der Waals surface area contributed by atoms with Gasteiger partial charge in [0.2, 0.25) is 0 Å². The third-order valence-electron chi connectivity index (χ3n) is 3.55. The van der Waals surface area contributed by atoms with Gasteiger partial charge in [0.15, 0.2) is 0 Å². The minimum absolute atomic E-state index is 0.0870. The average molecular weight is 271 g/mol. The van der Waals surface area contributed by atoms with E-state index in [0.29, 0.717) is 0 Å². The van der Waals surface area contributed by atoms with Crippen molar-refractivity contribution in [3.8, 4) is 0 Å². The molecule has 0 aliphatic heterocycles. The smallest absolute Gasteiger partial charge is 0.0879 e. The molecule has 0 radical (unpaired) electrons. The Labute approximate surface area is 115 Å². The molecule has 18 heavy (non-hydrogen) atoms. The van der Waals surface area contributed by atoms with Crippen LogP contribution in [0.4, 0.5) is 0 Å². The third kappa shape index (κ3) is 3.71. The second-order valence-corrected chi connectivity index (χ2v) is 5.19. The van der Waals surface area contributed by atoms with Crippen molar-refractivity contribution in [1.82, 2.24) is 0 Å². The zero-order chi connectivity index (χ0) is 13.4. The Kier molecular flexibility index (Phi) is 6.69. The van der Waals surface area contributed by atoms with Crippen molar-refractivity contribution < 1.29 is 10.2 Å². The minimum atomic E-state index is -0.710. The monoisotopic (exact) mass is 270 g/mol. The fourth-order valence-corrected chi connectivity index (χ4v) is 2.56. The van der Waals surface area contributed by atoms with E-state index < -0.39 is 11.5 Å². The summed E-state index contributed by atoms with van der Waals surface area (Å²) in [5.41, 5.74) is 0.196. The van der Waals surface area contributed by atoms with E-state index in [1.807, 2.05) is 30.3 Å². The van der Waals surface area contributed by atoms with Gasteiger partial charge in [0, 0.05) is 11.3 Å². The van der Waals surface area contributed by atoms with Crippen LogP contribution in [0.2, 0.25) is 0 Å². The zero-order valence-electron chi connectivity index (χ0n) is 11.0. The molecule has 2 atom stereocenters. The molecule has 0 saturated heterocycles. The lowest BCUT2D eigenvalue weighted by molar-refractivity contribution is -0.0116. The van der Waals surface area contributed by atoms with E-state index >= 15 is 0 Å². The fraction of sp³-hybridized carbons (Fsp3) is 0.600. The van der Waals surface area contributed by atoms with Crippen molar-refractivity contribution in [3.63, 3.8) is 0 Å². The van der Waals surface area contributed by atoms with E-state index in [0.717, 1.165) is 31.2 Å². The summed E-state index contributed by atoms with van der Waals surface area (Å²) in [6, 6.07) is 9.44. The molecule has 0 bridgehead atoms. The highest BCUT2D eigenvalue weighted by atomic mass is 35.5. The van der Waals surface area contributed by atoms with Crippen molar-refractivity contribution in [2.45, 2.75) is 38.7 Å². The predicted octanol–water partition coefficient (Wildman–Crippen LogP) is 3.52. The van der Waals surface area contributed by atoms with Gasteiger partial charge in [-0.25, -0.2) is 0 Å². The fourth-order valence-electron chi connectivity index (χ4n) is 2.20. The Morgan fingerprint density at radius 1 is 1.22 bits per heavy atom. The normalized spacial score (nSPS) is 16.2. The predicted molar refractivity (Wildman–Crippen MR) is 75.8 cm³/mol. The van der Waals surface area contributed by atoms with Gasteiger partial charge in [-0.1, -0.05) is 56.5 Å². The Hall–Kier alpha value is -0.570. The molecule has 0 fully saturated rings. The van der Waals surface area contributed by atoms with Crippen molar-refractivity contribution in [2.75, 3.05) is 12.5 Å². The standard InChI is InChI=1S/C15H23ClO2/c1-2-3-7-10-15(11-16,12-17)14(18)13-8-5-4-6-9-13/h4-6,8-9,14,17-18H,2-3,7,10-12H2,1H3/t14-,15+/m0/s1. The quantitative estimate of drug-likeness (QED) is 0.561. The van der Waals surface area contributed by atoms with Gasteiger partial charge in [0.05, 0.1) is 12.7 Å². The van der Waals surface area contributed by atoms with Gasteiger partial charge in [-0.2, -0.15) is 0 Å². The molecule has 0 aromatic heterocycles. The van der Waals surface area contributed by atoms with Gasteiger partial charge in [-0.3, -0.25) is 0 Å². The molecule has 0 aliphatic carbocycles. The lowest BCUT2D eigenvalue weighted by Crippen LogP contribution is -2.35. The first-order valence-electron chi connectivity index (χ1n) is 6.60. The van der Waals surface area contributed by atoms with E-state index in [2.05, 4.69) is 6.92 Å². The first-order valence-corrected chi connectivity index (χ1v) is 7.13. The number of halogens is 1. The summed E-state index contributed by atoms with van der Waals surface area (Å²) in [5.74, 6) is 0.267. The number of rotatable bonds is 8. The first kappa shape index (κ1) is 15.5. The molecule has 1 aromatic rings. The summed E-state index contributed by atoms with van der Waals surface area (Å²) in [7, 11) is 0. The van der Waals surface area contributed by atoms with Crippen LogP contribution in [0.1, 0.15) is 44.3 Å². The number of benzene rings is 1. The van der Waals surface area contributed by atoms with Crippen molar-refractivity contribution >= 4 is 11.6 Å². The maximum atomic E-state index is 10.5. The van der Waals surface area contributed by atoms with Gasteiger partial charge in [-0.05, 0) is 12.0 Å². The van der Waals surface area contributed by atoms with Crippen molar-refractivity contribution in [2.24, 2.45) is 5.41 Å². The first-order chi connectivity index (χ1) is 8.70. The molecule has 1 rings (SSSR count). The summed E-state index contributed by atoms with van der Waals surface area (Å²) in [5, 5.41) is 20.1. The highest BCUT2D eigenvalue weighted by Crippen LogP contribution is 2.39. The largest absolute Gasteiger partial charge is 0.396 e. The molecule has 0 saturated carbocycles. The molecule has 0 spiro atoms. The van der Waals surface area contributed by atoms with Crippen LogP contribution in [-0.4, -0.2) is 22.7 Å². The van der Waals surface area contributed by atoms with E-state index in [1.165, 1.54) is 0 Å². The molecule has 2 N–H and O–H groups in total. The van der Waals surface area contributed by atoms with Crippen LogP contribution in [-0.2, 0) is 0 Å². The van der Waals surface area contributed by atoms with Gasteiger partial charge in [0.1, 0.15) is 0 Å². The molecule has 0 aliphatic rings. The molecule has 2 nitrogen and oxygen atoms in total. The Balaban J connectivity index is 2.82. The van der Waals surface area contributed by atoms with E-state index in [9.17, 15) is 10.2 Å². The van der Waals surface area contributed by atoms with Crippen LogP contribution in [0.15, 0.2) is 30.3 Å². The second-order valence-electron chi connectivity index (χ2n) is 4.92. The van der Waals surface area contributed by atoms with Crippen LogP contribution in [0.5, 0.6) is 0 Å². The lowest BCUT2D eigenvalue weighted by atomic mass is 9.77. The van der Waals surface area contributed by atoms with Gasteiger partial charge in [0.25, 0.3) is 0 Å². The maximum Gasteiger partial charge on any atom is 0.0879 e.